The van der Waals surface area contributed by atoms with Gasteiger partial charge in [0.15, 0.2) is 0 Å². The van der Waals surface area contributed by atoms with E-state index < -0.39 is 39.4 Å². The minimum atomic E-state index is -1.35. The van der Waals surface area contributed by atoms with Crippen LogP contribution in [0.25, 0.3) is 0 Å². The molecule has 114 valence electrons. The number of hydrogen-bond acceptors (Lipinski definition) is 4. The molecule has 0 unspecified atom stereocenters. The van der Waals surface area contributed by atoms with Crippen molar-refractivity contribution in [2.75, 3.05) is 5.32 Å². The van der Waals surface area contributed by atoms with Crippen LogP contribution in [0.15, 0.2) is 29.1 Å². The van der Waals surface area contributed by atoms with Gasteiger partial charge in [0.2, 0.25) is 11.4 Å². The second-order valence-corrected chi connectivity index (χ2v) is 4.41. The van der Waals surface area contributed by atoms with Gasteiger partial charge < -0.3 is 10.3 Å². The third kappa shape index (κ3) is 3.14. The smallest absolute Gasteiger partial charge is 0.307 e. The minimum absolute atomic E-state index is 0.0624. The molecule has 22 heavy (non-hydrogen) atoms. The normalized spacial score (nSPS) is 10.3. The van der Waals surface area contributed by atoms with E-state index in [-0.39, 0.29) is 5.56 Å². The van der Waals surface area contributed by atoms with Gasteiger partial charge in [0.05, 0.1) is 10.6 Å². The predicted molar refractivity (Wildman–Crippen MR) is 72.8 cm³/mol. The Morgan fingerprint density at radius 2 is 1.91 bits per heavy atom. The number of anilines is 1. The quantitative estimate of drug-likeness (QED) is 0.669. The number of aromatic nitrogens is 1. The van der Waals surface area contributed by atoms with Gasteiger partial charge in [-0.1, -0.05) is 0 Å². The first-order valence-electron chi connectivity index (χ1n) is 5.93. The largest absolute Gasteiger partial charge is 0.326 e. The number of halogens is 2. The summed E-state index contributed by atoms with van der Waals surface area (Å²) in [6.45, 7) is 1.54. The number of nitrogens with zero attached hydrogens (tertiary/aromatic N) is 1. The topological polar surface area (TPSA) is 105 Å². The molecule has 0 atom stereocenters. The van der Waals surface area contributed by atoms with Crippen molar-refractivity contribution in [3.8, 4) is 0 Å². The molecule has 1 heterocycles. The van der Waals surface area contributed by atoms with Crippen molar-refractivity contribution >= 4 is 17.3 Å². The highest BCUT2D eigenvalue weighted by molar-refractivity contribution is 6.04. The number of H-pyrrole nitrogens is 1. The van der Waals surface area contributed by atoms with Crippen LogP contribution in [-0.2, 0) is 0 Å². The van der Waals surface area contributed by atoms with Crippen molar-refractivity contribution in [1.29, 1.82) is 0 Å². The van der Waals surface area contributed by atoms with E-state index in [4.69, 9.17) is 0 Å². The maximum absolute atomic E-state index is 13.6. The molecule has 0 aliphatic rings. The number of amides is 1. The lowest BCUT2D eigenvalue weighted by Crippen LogP contribution is -2.17. The molecule has 9 heteroatoms. The number of benzene rings is 1. The lowest BCUT2D eigenvalue weighted by molar-refractivity contribution is -0.387. The maximum atomic E-state index is 13.6. The van der Waals surface area contributed by atoms with Crippen LogP contribution in [0.1, 0.15) is 16.1 Å². The van der Waals surface area contributed by atoms with Gasteiger partial charge >= 0.3 is 5.69 Å². The average molecular weight is 309 g/mol. The number of pyridine rings is 1. The van der Waals surface area contributed by atoms with Crippen LogP contribution in [-0.4, -0.2) is 15.8 Å². The van der Waals surface area contributed by atoms with Gasteiger partial charge in [-0.2, -0.15) is 4.39 Å². The van der Waals surface area contributed by atoms with Crippen molar-refractivity contribution in [2.24, 2.45) is 0 Å². The molecular formula is C13H9F2N3O4. The van der Waals surface area contributed by atoms with E-state index in [1.165, 1.54) is 6.07 Å². The summed E-state index contributed by atoms with van der Waals surface area (Å²) in [6, 6.07) is 3.20. The molecule has 2 N–H and O–H groups in total. The zero-order chi connectivity index (χ0) is 16.4. The first kappa shape index (κ1) is 15.3. The molecule has 1 amide bonds. The predicted octanol–water partition coefficient (Wildman–Crippen LogP) is 2.12. The summed E-state index contributed by atoms with van der Waals surface area (Å²) >= 11 is 0. The number of nitro benzene ring substituents is 1. The highest BCUT2D eigenvalue weighted by Gasteiger charge is 2.20. The Labute approximate surface area is 121 Å². The number of nitrogens with one attached hydrogen (secondary N) is 2. The lowest BCUT2D eigenvalue weighted by atomic mass is 10.2. The molecule has 0 aliphatic carbocycles. The molecule has 2 rings (SSSR count). The van der Waals surface area contributed by atoms with Crippen LogP contribution in [0.2, 0.25) is 0 Å². The summed E-state index contributed by atoms with van der Waals surface area (Å²) < 4.78 is 26.8. The number of carbonyl (C=O) groups excluding carboxylic acids is 1. The van der Waals surface area contributed by atoms with Gasteiger partial charge in [0, 0.05) is 29.5 Å². The highest BCUT2D eigenvalue weighted by atomic mass is 19.1. The van der Waals surface area contributed by atoms with Crippen LogP contribution in [0.5, 0.6) is 0 Å². The van der Waals surface area contributed by atoms with Crippen LogP contribution in [0.3, 0.4) is 0 Å². The van der Waals surface area contributed by atoms with Crippen molar-refractivity contribution in [1.82, 2.24) is 4.98 Å². The Hall–Kier alpha value is -3.10. The first-order chi connectivity index (χ1) is 10.3. The molecule has 0 spiro atoms. The molecule has 7 nitrogen and oxygen atoms in total. The summed E-state index contributed by atoms with van der Waals surface area (Å²) in [6.07, 6.45) is 0. The Morgan fingerprint density at radius 1 is 1.23 bits per heavy atom. The fraction of sp³-hybridized carbons (Fsp3) is 0.0769. The van der Waals surface area contributed by atoms with Crippen molar-refractivity contribution in [3.63, 3.8) is 0 Å². The SMILES string of the molecule is Cc1cc(C(=O)Nc2cc([N+](=O)[O-])c(F)cc2F)cc(=O)[nH]1. The van der Waals surface area contributed by atoms with Crippen molar-refractivity contribution in [2.45, 2.75) is 6.92 Å². The van der Waals surface area contributed by atoms with Gasteiger partial charge in [0.1, 0.15) is 5.82 Å². The average Bonchev–Trinajstić information content (AvgIpc) is 2.40. The van der Waals surface area contributed by atoms with Crippen LogP contribution in [0.4, 0.5) is 20.2 Å². The summed E-state index contributed by atoms with van der Waals surface area (Å²) in [5.74, 6) is -3.38. The third-order valence-electron chi connectivity index (χ3n) is 2.72. The van der Waals surface area contributed by atoms with E-state index >= 15 is 0 Å². The minimum Gasteiger partial charge on any atom is -0.326 e. The van der Waals surface area contributed by atoms with Crippen molar-refractivity contribution in [3.05, 3.63) is 67.6 Å². The molecule has 0 fully saturated rings. The standard InChI is InChI=1S/C13H9F2N3O4/c1-6-2-7(3-12(19)16-6)13(20)17-10-5-11(18(21)22)9(15)4-8(10)14/h2-5H,1H3,(H,16,19)(H,17,20). The van der Waals surface area contributed by atoms with E-state index in [2.05, 4.69) is 10.3 Å². The van der Waals surface area contributed by atoms with Gasteiger partial charge in [-0.3, -0.25) is 19.7 Å². The van der Waals surface area contributed by atoms with E-state index in [1.807, 2.05) is 0 Å². The Kier molecular flexibility index (Phi) is 3.97. The lowest BCUT2D eigenvalue weighted by Gasteiger charge is -2.07. The maximum Gasteiger partial charge on any atom is 0.307 e. The zero-order valence-electron chi connectivity index (χ0n) is 11.1. The molecular weight excluding hydrogens is 300 g/mol. The van der Waals surface area contributed by atoms with Crippen molar-refractivity contribution < 1.29 is 18.5 Å². The third-order valence-corrected chi connectivity index (χ3v) is 2.72. The Balaban J connectivity index is 2.38. The first-order valence-corrected chi connectivity index (χ1v) is 5.93. The fourth-order valence-electron chi connectivity index (χ4n) is 1.78. The van der Waals surface area contributed by atoms with E-state index in [1.54, 1.807) is 6.92 Å². The molecule has 2 aromatic rings. The Bertz CT molecular complexity index is 833. The number of hydrogen-bond donors (Lipinski definition) is 2. The van der Waals surface area contributed by atoms with E-state index in [0.717, 1.165) is 6.07 Å². The molecule has 0 bridgehead atoms. The number of nitro groups is 1. The van der Waals surface area contributed by atoms with Gasteiger partial charge in [0.25, 0.3) is 5.91 Å². The van der Waals surface area contributed by atoms with Gasteiger partial charge in [-0.05, 0) is 13.0 Å². The molecule has 0 radical (unpaired) electrons. The molecule has 0 saturated heterocycles. The van der Waals surface area contributed by atoms with Gasteiger partial charge in [-0.15, -0.1) is 0 Å². The summed E-state index contributed by atoms with van der Waals surface area (Å²) in [4.78, 5) is 35.2. The summed E-state index contributed by atoms with van der Waals surface area (Å²) in [5.41, 5.74) is -1.72. The monoisotopic (exact) mass is 309 g/mol. The van der Waals surface area contributed by atoms with Crippen LogP contribution >= 0.6 is 0 Å². The Morgan fingerprint density at radius 3 is 2.50 bits per heavy atom. The second-order valence-electron chi connectivity index (χ2n) is 4.41. The molecule has 1 aromatic carbocycles. The van der Waals surface area contributed by atoms with Crippen LogP contribution in [0, 0.1) is 28.7 Å². The zero-order valence-corrected chi connectivity index (χ0v) is 11.1. The number of rotatable bonds is 3. The fourth-order valence-corrected chi connectivity index (χ4v) is 1.78. The second kappa shape index (κ2) is 5.72. The number of carbonyl (C=O) groups is 1. The highest BCUT2D eigenvalue weighted by Crippen LogP contribution is 2.25. The van der Waals surface area contributed by atoms with E-state index in [0.29, 0.717) is 17.8 Å². The van der Waals surface area contributed by atoms with Gasteiger partial charge in [-0.25, -0.2) is 4.39 Å². The molecule has 0 aliphatic heterocycles. The summed E-state index contributed by atoms with van der Waals surface area (Å²) in [7, 11) is 0. The number of aromatic amines is 1. The van der Waals surface area contributed by atoms with Crippen LogP contribution < -0.4 is 10.9 Å². The number of aryl methyl sites for hydroxylation is 1. The van der Waals surface area contributed by atoms with E-state index in [9.17, 15) is 28.5 Å². The molecule has 1 aromatic heterocycles. The summed E-state index contributed by atoms with van der Waals surface area (Å²) in [5, 5.41) is 12.7. The molecule has 0 saturated carbocycles.